The lowest BCUT2D eigenvalue weighted by molar-refractivity contribution is -0.155. The van der Waals surface area contributed by atoms with Crippen LogP contribution in [-0.4, -0.2) is 12.1 Å². The van der Waals surface area contributed by atoms with Crippen LogP contribution in [0.15, 0.2) is 0 Å². The van der Waals surface area contributed by atoms with Gasteiger partial charge in [-0.15, -0.1) is 0 Å². The highest BCUT2D eigenvalue weighted by Crippen LogP contribution is 2.39. The Hall–Kier alpha value is -0.530. The molecule has 0 radical (unpaired) electrons. The maximum absolute atomic E-state index is 12.0. The first kappa shape index (κ1) is 15.9. The highest BCUT2D eigenvalue weighted by molar-refractivity contribution is 5.69. The molecule has 0 heterocycles. The van der Waals surface area contributed by atoms with Crippen LogP contribution in [0.3, 0.4) is 0 Å². The molecule has 2 aliphatic rings. The molecule has 0 amide bonds. The summed E-state index contributed by atoms with van der Waals surface area (Å²) in [5, 5.41) is 0. The van der Waals surface area contributed by atoms with Crippen LogP contribution in [0.25, 0.3) is 0 Å². The lowest BCUT2D eigenvalue weighted by atomic mass is 9.72. The van der Waals surface area contributed by atoms with Crippen molar-refractivity contribution < 1.29 is 9.53 Å². The summed E-state index contributed by atoms with van der Waals surface area (Å²) >= 11 is 0. The van der Waals surface area contributed by atoms with Crippen LogP contribution >= 0.6 is 0 Å². The number of unbranched alkanes of at least 4 members (excludes halogenated alkanes) is 2. The maximum Gasteiger partial charge on any atom is 0.306 e. The Bertz CT molecular complexity index is 281. The fraction of sp³-hybridized carbons (Fsp3) is 0.944. The highest BCUT2D eigenvalue weighted by atomic mass is 16.5. The van der Waals surface area contributed by atoms with E-state index in [2.05, 4.69) is 6.92 Å². The van der Waals surface area contributed by atoms with Crippen molar-refractivity contribution in [2.24, 2.45) is 11.8 Å². The standard InChI is InChI=1S/C18H32O2/c1-2-3-5-14-18(19)20-17-13-9-8-12-16(17)15-10-6-4-7-11-15/h15-17H,2-14H2,1H3/t16-,17-/m0/s1. The van der Waals surface area contributed by atoms with Crippen LogP contribution in [0.2, 0.25) is 0 Å². The van der Waals surface area contributed by atoms with Gasteiger partial charge in [-0.25, -0.2) is 0 Å². The van der Waals surface area contributed by atoms with E-state index < -0.39 is 0 Å². The Balaban J connectivity index is 1.81. The van der Waals surface area contributed by atoms with Gasteiger partial charge in [-0.2, -0.15) is 0 Å². The Morgan fingerprint density at radius 3 is 2.40 bits per heavy atom. The second-order valence-electron chi connectivity index (χ2n) is 6.83. The zero-order valence-electron chi connectivity index (χ0n) is 13.2. The molecule has 2 atom stereocenters. The summed E-state index contributed by atoms with van der Waals surface area (Å²) in [5.41, 5.74) is 0. The van der Waals surface area contributed by atoms with Crippen molar-refractivity contribution in [2.45, 2.75) is 96.5 Å². The van der Waals surface area contributed by atoms with E-state index in [0.29, 0.717) is 12.3 Å². The molecule has 2 saturated carbocycles. The minimum atomic E-state index is 0.0613. The van der Waals surface area contributed by atoms with E-state index in [0.717, 1.165) is 25.2 Å². The van der Waals surface area contributed by atoms with Crippen LogP contribution in [0, 0.1) is 11.8 Å². The molecule has 116 valence electrons. The number of esters is 1. The van der Waals surface area contributed by atoms with Crippen LogP contribution in [-0.2, 0) is 9.53 Å². The first-order valence-electron chi connectivity index (χ1n) is 9.00. The Kier molecular flexibility index (Phi) is 6.89. The van der Waals surface area contributed by atoms with Gasteiger partial charge in [0.05, 0.1) is 0 Å². The smallest absolute Gasteiger partial charge is 0.306 e. The molecule has 2 rings (SSSR count). The molecule has 0 aromatic carbocycles. The van der Waals surface area contributed by atoms with E-state index in [1.807, 2.05) is 0 Å². The monoisotopic (exact) mass is 280 g/mol. The van der Waals surface area contributed by atoms with Gasteiger partial charge in [0.15, 0.2) is 0 Å². The summed E-state index contributed by atoms with van der Waals surface area (Å²) in [5.74, 6) is 1.56. The molecule has 0 unspecified atom stereocenters. The van der Waals surface area contributed by atoms with Gasteiger partial charge in [-0.3, -0.25) is 4.79 Å². The maximum atomic E-state index is 12.0. The van der Waals surface area contributed by atoms with Gasteiger partial charge in [0.2, 0.25) is 0 Å². The van der Waals surface area contributed by atoms with Gasteiger partial charge in [0, 0.05) is 6.42 Å². The van der Waals surface area contributed by atoms with Crippen molar-refractivity contribution >= 4 is 5.97 Å². The van der Waals surface area contributed by atoms with Gasteiger partial charge < -0.3 is 4.74 Å². The van der Waals surface area contributed by atoms with Crippen molar-refractivity contribution in [1.29, 1.82) is 0 Å². The molecule has 0 aromatic rings. The largest absolute Gasteiger partial charge is 0.462 e. The third-order valence-corrected chi connectivity index (χ3v) is 5.28. The second-order valence-corrected chi connectivity index (χ2v) is 6.83. The highest BCUT2D eigenvalue weighted by Gasteiger charge is 2.34. The molecular weight excluding hydrogens is 248 g/mol. The SMILES string of the molecule is CCCCCC(=O)O[C@H]1CCCC[C@H]1C1CCCCC1. The summed E-state index contributed by atoms with van der Waals surface area (Å²) in [7, 11) is 0. The molecule has 2 fully saturated rings. The Morgan fingerprint density at radius 1 is 0.950 bits per heavy atom. The van der Waals surface area contributed by atoms with Crippen LogP contribution in [0.5, 0.6) is 0 Å². The fourth-order valence-electron chi connectivity index (χ4n) is 4.12. The Labute approximate surface area is 124 Å². The minimum Gasteiger partial charge on any atom is -0.462 e. The van der Waals surface area contributed by atoms with E-state index in [1.54, 1.807) is 0 Å². The van der Waals surface area contributed by atoms with Crippen LogP contribution in [0.4, 0.5) is 0 Å². The normalized spacial score (nSPS) is 28.2. The molecule has 2 aliphatic carbocycles. The molecule has 0 spiro atoms. The average molecular weight is 280 g/mol. The van der Waals surface area contributed by atoms with Gasteiger partial charge in [-0.1, -0.05) is 58.3 Å². The lowest BCUT2D eigenvalue weighted by Gasteiger charge is -2.38. The predicted octanol–water partition coefficient (Wildman–Crippen LogP) is 5.25. The molecule has 2 nitrogen and oxygen atoms in total. The van der Waals surface area contributed by atoms with Gasteiger partial charge in [0.25, 0.3) is 0 Å². The third-order valence-electron chi connectivity index (χ3n) is 5.28. The molecular formula is C18H32O2. The average Bonchev–Trinajstić information content (AvgIpc) is 2.49. The van der Waals surface area contributed by atoms with E-state index in [1.165, 1.54) is 57.8 Å². The second kappa shape index (κ2) is 8.69. The molecule has 20 heavy (non-hydrogen) atoms. The van der Waals surface area contributed by atoms with Gasteiger partial charge >= 0.3 is 5.97 Å². The van der Waals surface area contributed by atoms with Crippen molar-refractivity contribution in [2.75, 3.05) is 0 Å². The van der Waals surface area contributed by atoms with Crippen molar-refractivity contribution in [1.82, 2.24) is 0 Å². The summed E-state index contributed by atoms with van der Waals surface area (Å²) in [6.45, 7) is 2.17. The number of rotatable bonds is 6. The van der Waals surface area contributed by atoms with E-state index in [-0.39, 0.29) is 12.1 Å². The van der Waals surface area contributed by atoms with E-state index >= 15 is 0 Å². The molecule has 0 saturated heterocycles. The summed E-state index contributed by atoms with van der Waals surface area (Å²) in [4.78, 5) is 12.0. The number of hydrogen-bond acceptors (Lipinski definition) is 2. The summed E-state index contributed by atoms with van der Waals surface area (Å²) in [6.07, 6.45) is 16.1. The van der Waals surface area contributed by atoms with Crippen LogP contribution < -0.4 is 0 Å². The molecule has 0 aliphatic heterocycles. The van der Waals surface area contributed by atoms with Gasteiger partial charge in [0.1, 0.15) is 6.10 Å². The van der Waals surface area contributed by atoms with E-state index in [4.69, 9.17) is 4.74 Å². The van der Waals surface area contributed by atoms with E-state index in [9.17, 15) is 4.79 Å². The number of hydrogen-bond donors (Lipinski definition) is 0. The molecule has 2 heteroatoms. The van der Waals surface area contributed by atoms with Crippen LogP contribution in [0.1, 0.15) is 90.4 Å². The number of carbonyl (C=O) groups is 1. The first-order chi connectivity index (χ1) is 9.81. The zero-order chi connectivity index (χ0) is 14.2. The molecule has 0 N–H and O–H groups in total. The van der Waals surface area contributed by atoms with Crippen molar-refractivity contribution in [3.8, 4) is 0 Å². The first-order valence-corrected chi connectivity index (χ1v) is 9.00. The lowest BCUT2D eigenvalue weighted by Crippen LogP contribution is -2.35. The van der Waals surface area contributed by atoms with Crippen molar-refractivity contribution in [3.05, 3.63) is 0 Å². The number of ether oxygens (including phenoxy) is 1. The Morgan fingerprint density at radius 2 is 1.65 bits per heavy atom. The number of carbonyl (C=O) groups excluding carboxylic acids is 1. The minimum absolute atomic E-state index is 0.0613. The predicted molar refractivity (Wildman–Crippen MR) is 82.6 cm³/mol. The zero-order valence-corrected chi connectivity index (χ0v) is 13.2. The topological polar surface area (TPSA) is 26.3 Å². The summed E-state index contributed by atoms with van der Waals surface area (Å²) in [6, 6.07) is 0. The molecule has 0 aromatic heterocycles. The van der Waals surface area contributed by atoms with Crippen molar-refractivity contribution in [3.63, 3.8) is 0 Å². The summed E-state index contributed by atoms with van der Waals surface area (Å²) < 4.78 is 5.86. The third kappa shape index (κ3) is 4.79. The van der Waals surface area contributed by atoms with Gasteiger partial charge in [-0.05, 0) is 37.5 Å². The molecule has 0 bridgehead atoms. The fourth-order valence-corrected chi connectivity index (χ4v) is 4.12. The quantitative estimate of drug-likeness (QED) is 0.490.